The summed E-state index contributed by atoms with van der Waals surface area (Å²) >= 11 is 5.55. The average molecular weight is 295 g/mol. The highest BCUT2D eigenvalue weighted by Gasteiger charge is 2.36. The quantitative estimate of drug-likeness (QED) is 0.732. The van der Waals surface area contributed by atoms with Crippen LogP contribution in [-0.2, 0) is 12.0 Å². The molecule has 3 heteroatoms. The Morgan fingerprint density at radius 3 is 2.40 bits per heavy atom. The summed E-state index contributed by atoms with van der Waals surface area (Å²) in [6, 6.07) is 0. The maximum Gasteiger partial charge on any atom is 0.177 e. The van der Waals surface area contributed by atoms with Crippen LogP contribution >= 0.6 is 12.2 Å². The Morgan fingerprint density at radius 2 is 1.90 bits per heavy atom. The summed E-state index contributed by atoms with van der Waals surface area (Å²) in [5.74, 6) is 0.763. The number of H-pyrrole nitrogens is 1. The molecule has 1 saturated carbocycles. The van der Waals surface area contributed by atoms with Gasteiger partial charge in [0.15, 0.2) is 4.77 Å². The van der Waals surface area contributed by atoms with Crippen LogP contribution in [0.15, 0.2) is 6.20 Å². The molecule has 0 bridgehead atoms. The molecule has 1 aromatic heterocycles. The van der Waals surface area contributed by atoms with Crippen molar-refractivity contribution in [2.45, 2.75) is 78.7 Å². The molecule has 0 aromatic carbocycles. The third-order valence-electron chi connectivity index (χ3n) is 4.64. The van der Waals surface area contributed by atoms with Gasteiger partial charge in [-0.3, -0.25) is 0 Å². The van der Waals surface area contributed by atoms with Crippen LogP contribution in [0.1, 0.15) is 72.4 Å². The fraction of sp³-hybridized carbons (Fsp3) is 0.824. The average Bonchev–Trinajstić information content (AvgIpc) is 2.86. The zero-order valence-corrected chi connectivity index (χ0v) is 14.6. The predicted molar refractivity (Wildman–Crippen MR) is 88.7 cm³/mol. The van der Waals surface area contributed by atoms with Crippen LogP contribution in [0.4, 0.5) is 0 Å². The van der Waals surface area contributed by atoms with Gasteiger partial charge in [-0.1, -0.05) is 47.5 Å². The molecule has 0 spiro atoms. The van der Waals surface area contributed by atoms with E-state index in [4.69, 9.17) is 12.2 Å². The van der Waals surface area contributed by atoms with Crippen molar-refractivity contribution in [3.8, 4) is 0 Å². The van der Waals surface area contributed by atoms with Gasteiger partial charge in [-0.2, -0.15) is 0 Å². The summed E-state index contributed by atoms with van der Waals surface area (Å²) in [5, 5.41) is 0. The van der Waals surface area contributed by atoms with E-state index in [2.05, 4.69) is 50.4 Å². The highest BCUT2D eigenvalue weighted by Crippen LogP contribution is 2.45. The molecule has 20 heavy (non-hydrogen) atoms. The fourth-order valence-electron chi connectivity index (χ4n) is 3.93. The van der Waals surface area contributed by atoms with Crippen LogP contribution in [0.3, 0.4) is 0 Å². The maximum absolute atomic E-state index is 5.55. The highest BCUT2D eigenvalue weighted by molar-refractivity contribution is 7.71. The minimum absolute atomic E-state index is 0.144. The Morgan fingerprint density at radius 1 is 1.30 bits per heavy atom. The molecule has 1 fully saturated rings. The monoisotopic (exact) mass is 294 g/mol. The van der Waals surface area contributed by atoms with E-state index in [-0.39, 0.29) is 5.41 Å². The molecular formula is C17H30N2S. The second-order valence-corrected chi connectivity index (χ2v) is 8.51. The van der Waals surface area contributed by atoms with Gasteiger partial charge in [0, 0.05) is 23.9 Å². The van der Waals surface area contributed by atoms with E-state index in [0.29, 0.717) is 5.41 Å². The summed E-state index contributed by atoms with van der Waals surface area (Å²) in [6.45, 7) is 12.6. The zero-order chi connectivity index (χ0) is 15.0. The van der Waals surface area contributed by atoms with Gasteiger partial charge in [-0.25, -0.2) is 0 Å². The summed E-state index contributed by atoms with van der Waals surface area (Å²) < 4.78 is 3.27. The van der Waals surface area contributed by atoms with Gasteiger partial charge in [0.25, 0.3) is 0 Å². The molecule has 2 nitrogen and oxygen atoms in total. The van der Waals surface area contributed by atoms with Gasteiger partial charge in [-0.15, -0.1) is 0 Å². The van der Waals surface area contributed by atoms with Crippen molar-refractivity contribution in [3.05, 3.63) is 16.7 Å². The van der Waals surface area contributed by atoms with Crippen LogP contribution in [0.2, 0.25) is 0 Å². The summed E-state index contributed by atoms with van der Waals surface area (Å²) in [5.41, 5.74) is 1.96. The molecule has 1 N–H and O–H groups in total. The largest absolute Gasteiger partial charge is 0.337 e. The Labute approximate surface area is 129 Å². The smallest absolute Gasteiger partial charge is 0.177 e. The van der Waals surface area contributed by atoms with E-state index >= 15 is 0 Å². The lowest BCUT2D eigenvalue weighted by molar-refractivity contribution is 0.192. The van der Waals surface area contributed by atoms with E-state index in [1.807, 2.05) is 0 Å². The first-order valence-corrected chi connectivity index (χ1v) is 8.43. The first-order valence-electron chi connectivity index (χ1n) is 8.02. The number of rotatable bonds is 4. The molecular weight excluding hydrogens is 264 g/mol. The number of imidazole rings is 1. The van der Waals surface area contributed by atoms with Crippen molar-refractivity contribution < 1.29 is 0 Å². The van der Waals surface area contributed by atoms with E-state index in [1.165, 1.54) is 37.8 Å². The summed E-state index contributed by atoms with van der Waals surface area (Å²) in [4.78, 5) is 3.27. The summed E-state index contributed by atoms with van der Waals surface area (Å²) in [6.07, 6.45) is 8.93. The van der Waals surface area contributed by atoms with Crippen LogP contribution in [-0.4, -0.2) is 9.55 Å². The second-order valence-electron chi connectivity index (χ2n) is 8.12. The lowest BCUT2D eigenvalue weighted by atomic mass is 9.78. The van der Waals surface area contributed by atoms with Gasteiger partial charge in [0.2, 0.25) is 0 Å². The lowest BCUT2D eigenvalue weighted by Crippen LogP contribution is -2.29. The Hall–Kier alpha value is -0.570. The van der Waals surface area contributed by atoms with Gasteiger partial charge in [0.05, 0.1) is 0 Å². The van der Waals surface area contributed by atoms with Crippen LogP contribution < -0.4 is 0 Å². The van der Waals surface area contributed by atoms with Crippen molar-refractivity contribution in [1.29, 1.82) is 0 Å². The lowest BCUT2D eigenvalue weighted by Gasteiger charge is -2.33. The van der Waals surface area contributed by atoms with E-state index < -0.39 is 0 Å². The minimum atomic E-state index is 0.144. The normalized spacial score (nSPS) is 18.9. The second kappa shape index (κ2) is 5.67. The minimum Gasteiger partial charge on any atom is -0.337 e. The molecule has 1 aliphatic rings. The number of nitrogens with zero attached hydrogens (tertiary/aromatic N) is 1. The molecule has 0 radical (unpaired) electrons. The van der Waals surface area contributed by atoms with Crippen molar-refractivity contribution in [2.24, 2.45) is 11.3 Å². The molecule has 114 valence electrons. The van der Waals surface area contributed by atoms with Crippen molar-refractivity contribution >= 4 is 12.2 Å². The predicted octanol–water partition coefficient (Wildman–Crippen LogP) is 5.45. The van der Waals surface area contributed by atoms with E-state index in [1.54, 1.807) is 0 Å². The van der Waals surface area contributed by atoms with Crippen molar-refractivity contribution in [1.82, 2.24) is 9.55 Å². The van der Waals surface area contributed by atoms with Gasteiger partial charge in [-0.05, 0) is 42.8 Å². The maximum atomic E-state index is 5.55. The molecule has 0 aliphatic heterocycles. The molecule has 1 aliphatic carbocycles. The van der Waals surface area contributed by atoms with Crippen molar-refractivity contribution in [2.75, 3.05) is 0 Å². The van der Waals surface area contributed by atoms with E-state index in [0.717, 1.165) is 17.2 Å². The highest BCUT2D eigenvalue weighted by atomic mass is 32.1. The number of nitrogens with one attached hydrogen (secondary N) is 1. The third-order valence-corrected chi connectivity index (χ3v) is 4.97. The van der Waals surface area contributed by atoms with Gasteiger partial charge < -0.3 is 9.55 Å². The van der Waals surface area contributed by atoms with Crippen molar-refractivity contribution in [3.63, 3.8) is 0 Å². The molecule has 0 amide bonds. The molecule has 0 unspecified atom stereocenters. The Bertz CT molecular complexity index is 496. The molecule has 2 rings (SSSR count). The molecule has 1 aromatic rings. The fourth-order valence-corrected chi connectivity index (χ4v) is 4.15. The van der Waals surface area contributed by atoms with Crippen LogP contribution in [0, 0.1) is 16.1 Å². The number of aromatic amines is 1. The first-order chi connectivity index (χ1) is 9.23. The van der Waals surface area contributed by atoms with Gasteiger partial charge >= 0.3 is 0 Å². The summed E-state index contributed by atoms with van der Waals surface area (Å²) in [7, 11) is 0. The zero-order valence-electron chi connectivity index (χ0n) is 13.8. The van der Waals surface area contributed by atoms with Crippen LogP contribution in [0.5, 0.6) is 0 Å². The Kier molecular flexibility index (Phi) is 4.48. The SMILES string of the molecule is CC(C)CC1(Cn2c(C(C)(C)C)c[nH]c2=S)CCCC1. The standard InChI is InChI=1S/C17H30N2S/c1-13(2)10-17(8-6-7-9-17)12-19-14(16(3,4)5)11-18-15(19)20/h11,13H,6-10,12H2,1-5H3,(H,18,20). The molecule has 0 atom stereocenters. The third kappa shape index (κ3) is 3.36. The topological polar surface area (TPSA) is 20.7 Å². The number of hydrogen-bond donors (Lipinski definition) is 1. The van der Waals surface area contributed by atoms with Gasteiger partial charge in [0.1, 0.15) is 0 Å². The number of aromatic nitrogens is 2. The first kappa shape index (κ1) is 15.8. The number of hydrogen-bond acceptors (Lipinski definition) is 1. The molecule has 1 heterocycles. The van der Waals surface area contributed by atoms with E-state index in [9.17, 15) is 0 Å². The van der Waals surface area contributed by atoms with Crippen LogP contribution in [0.25, 0.3) is 0 Å². The molecule has 0 saturated heterocycles. The Balaban J connectivity index is 2.32.